The maximum absolute atomic E-state index is 12.4. The largest absolute Gasteiger partial charge is 0.351 e. The first-order chi connectivity index (χ1) is 11.6. The molecule has 1 atom stereocenters. The molecule has 0 aromatic carbocycles. The Balaban J connectivity index is 1.49. The van der Waals surface area contributed by atoms with E-state index >= 15 is 0 Å². The zero-order chi connectivity index (χ0) is 16.9. The molecule has 3 heterocycles. The Morgan fingerprint density at radius 2 is 2.38 bits per heavy atom. The van der Waals surface area contributed by atoms with E-state index in [-0.39, 0.29) is 17.7 Å². The molecule has 0 unspecified atom stereocenters. The lowest BCUT2D eigenvalue weighted by molar-refractivity contribution is -0.130. The number of aryl methyl sites for hydroxylation is 1. The number of aromatic amines is 1. The summed E-state index contributed by atoms with van der Waals surface area (Å²) in [4.78, 5) is 34.2. The minimum Gasteiger partial charge on any atom is -0.351 e. The third-order valence-electron chi connectivity index (χ3n) is 4.27. The fraction of sp³-hybridized carbons (Fsp3) is 0.471. The lowest BCUT2D eigenvalue weighted by atomic mass is 10.1. The third kappa shape index (κ3) is 4.23. The lowest BCUT2D eigenvalue weighted by Crippen LogP contribution is -2.28. The van der Waals surface area contributed by atoms with Crippen molar-refractivity contribution in [2.45, 2.75) is 38.6 Å². The number of hydrogen-bond acceptors (Lipinski definition) is 4. The van der Waals surface area contributed by atoms with Crippen LogP contribution in [0.4, 0.5) is 0 Å². The van der Waals surface area contributed by atoms with E-state index in [4.69, 9.17) is 0 Å². The first-order valence-corrected chi connectivity index (χ1v) is 9.08. The highest BCUT2D eigenvalue weighted by molar-refractivity contribution is 7.09. The average molecular weight is 346 g/mol. The van der Waals surface area contributed by atoms with Crippen LogP contribution in [0.3, 0.4) is 0 Å². The van der Waals surface area contributed by atoms with E-state index in [1.807, 2.05) is 16.3 Å². The van der Waals surface area contributed by atoms with Gasteiger partial charge in [-0.15, -0.1) is 11.3 Å². The number of imidazole rings is 1. The zero-order valence-corrected chi connectivity index (χ0v) is 14.6. The molecule has 6 nitrogen and oxygen atoms in total. The number of likely N-dealkylation sites (tertiary alicyclic amines) is 1. The Kier molecular flexibility index (Phi) is 5.30. The van der Waals surface area contributed by atoms with Crippen molar-refractivity contribution < 1.29 is 9.59 Å². The SMILES string of the molecule is CC(=O)NCc1cnc([C@H]2CCN(C(=O)CCc3cccs3)C2)[nH]1. The van der Waals surface area contributed by atoms with Crippen LogP contribution < -0.4 is 5.32 Å². The van der Waals surface area contributed by atoms with E-state index in [1.54, 1.807) is 17.5 Å². The maximum Gasteiger partial charge on any atom is 0.222 e. The highest BCUT2D eigenvalue weighted by Crippen LogP contribution is 2.26. The molecule has 0 aliphatic carbocycles. The smallest absolute Gasteiger partial charge is 0.222 e. The number of amides is 2. The summed E-state index contributed by atoms with van der Waals surface area (Å²) < 4.78 is 0. The molecule has 128 valence electrons. The molecule has 24 heavy (non-hydrogen) atoms. The summed E-state index contributed by atoms with van der Waals surface area (Å²) in [6, 6.07) is 4.09. The average Bonchev–Trinajstić information content (AvgIpc) is 3.31. The second-order valence-corrected chi connectivity index (χ2v) is 7.14. The fourth-order valence-electron chi connectivity index (χ4n) is 2.95. The number of carbonyl (C=O) groups excluding carboxylic acids is 2. The van der Waals surface area contributed by atoms with Gasteiger partial charge in [0.1, 0.15) is 5.82 Å². The van der Waals surface area contributed by atoms with Gasteiger partial charge < -0.3 is 15.2 Å². The van der Waals surface area contributed by atoms with E-state index < -0.39 is 0 Å². The highest BCUT2D eigenvalue weighted by Gasteiger charge is 2.28. The van der Waals surface area contributed by atoms with E-state index in [9.17, 15) is 9.59 Å². The van der Waals surface area contributed by atoms with Crippen LogP contribution in [0.5, 0.6) is 0 Å². The summed E-state index contributed by atoms with van der Waals surface area (Å²) in [6.45, 7) is 3.46. The van der Waals surface area contributed by atoms with Crippen molar-refractivity contribution in [2.24, 2.45) is 0 Å². The number of H-pyrrole nitrogens is 1. The van der Waals surface area contributed by atoms with Crippen molar-refractivity contribution in [2.75, 3.05) is 13.1 Å². The molecule has 1 aliphatic rings. The van der Waals surface area contributed by atoms with Gasteiger partial charge >= 0.3 is 0 Å². The molecule has 1 fully saturated rings. The van der Waals surface area contributed by atoms with E-state index in [1.165, 1.54) is 11.8 Å². The van der Waals surface area contributed by atoms with Crippen molar-refractivity contribution in [1.82, 2.24) is 20.2 Å². The quantitative estimate of drug-likeness (QED) is 0.840. The van der Waals surface area contributed by atoms with Gasteiger partial charge in [0.15, 0.2) is 0 Å². The Morgan fingerprint density at radius 3 is 3.12 bits per heavy atom. The molecule has 1 aliphatic heterocycles. The number of hydrogen-bond donors (Lipinski definition) is 2. The molecule has 0 bridgehead atoms. The summed E-state index contributed by atoms with van der Waals surface area (Å²) in [5, 5.41) is 4.79. The molecule has 2 N–H and O–H groups in total. The second kappa shape index (κ2) is 7.61. The van der Waals surface area contributed by atoms with Crippen LogP contribution in [0.1, 0.15) is 42.1 Å². The molecular formula is C17H22N4O2S. The minimum atomic E-state index is -0.0606. The summed E-state index contributed by atoms with van der Waals surface area (Å²) in [5.74, 6) is 1.32. The van der Waals surface area contributed by atoms with Crippen LogP contribution >= 0.6 is 11.3 Å². The van der Waals surface area contributed by atoms with Crippen LogP contribution in [0.15, 0.2) is 23.7 Å². The Bertz CT molecular complexity index is 695. The van der Waals surface area contributed by atoms with Gasteiger partial charge in [0.25, 0.3) is 0 Å². The lowest BCUT2D eigenvalue weighted by Gasteiger charge is -2.15. The van der Waals surface area contributed by atoms with Gasteiger partial charge in [-0.25, -0.2) is 4.98 Å². The van der Waals surface area contributed by atoms with Gasteiger partial charge in [-0.05, 0) is 24.3 Å². The monoisotopic (exact) mass is 346 g/mol. The molecule has 0 saturated carbocycles. The minimum absolute atomic E-state index is 0.0606. The fourth-order valence-corrected chi connectivity index (χ4v) is 3.66. The van der Waals surface area contributed by atoms with Crippen molar-refractivity contribution in [1.29, 1.82) is 0 Å². The Hall–Kier alpha value is -2.15. The maximum atomic E-state index is 12.4. The van der Waals surface area contributed by atoms with Gasteiger partial charge in [-0.3, -0.25) is 9.59 Å². The number of rotatable bonds is 6. The topological polar surface area (TPSA) is 78.1 Å². The molecule has 0 radical (unpaired) electrons. The predicted octanol–water partition coefficient (Wildman–Crippen LogP) is 2.06. The number of nitrogens with one attached hydrogen (secondary N) is 2. The molecule has 2 amide bonds. The van der Waals surface area contributed by atoms with E-state index in [2.05, 4.69) is 21.4 Å². The van der Waals surface area contributed by atoms with Gasteiger partial charge in [-0.1, -0.05) is 6.07 Å². The Labute approximate surface area is 145 Å². The standard InChI is InChI=1S/C17H22N4O2S/c1-12(22)18-9-14-10-19-17(20-14)13-6-7-21(11-13)16(23)5-4-15-3-2-8-24-15/h2-3,8,10,13H,4-7,9,11H2,1H3,(H,18,22)(H,19,20)/t13-/m0/s1. The molecule has 2 aromatic heterocycles. The van der Waals surface area contributed by atoms with E-state index in [0.29, 0.717) is 13.0 Å². The first kappa shape index (κ1) is 16.7. The third-order valence-corrected chi connectivity index (χ3v) is 5.21. The highest BCUT2D eigenvalue weighted by atomic mass is 32.1. The van der Waals surface area contributed by atoms with Crippen LogP contribution in [0.2, 0.25) is 0 Å². The Morgan fingerprint density at radius 1 is 1.50 bits per heavy atom. The second-order valence-electron chi connectivity index (χ2n) is 6.11. The number of nitrogens with zero attached hydrogens (tertiary/aromatic N) is 2. The van der Waals surface area contributed by atoms with Crippen LogP contribution in [-0.2, 0) is 22.6 Å². The van der Waals surface area contributed by atoms with Crippen molar-refractivity contribution in [3.05, 3.63) is 40.1 Å². The van der Waals surface area contributed by atoms with Crippen molar-refractivity contribution in [3.63, 3.8) is 0 Å². The normalized spacial score (nSPS) is 17.2. The molecular weight excluding hydrogens is 324 g/mol. The summed E-state index contributed by atoms with van der Waals surface area (Å²) >= 11 is 1.70. The summed E-state index contributed by atoms with van der Waals surface area (Å²) in [6.07, 6.45) is 4.07. The van der Waals surface area contributed by atoms with Gasteiger partial charge in [0, 0.05) is 37.2 Å². The van der Waals surface area contributed by atoms with Gasteiger partial charge in [-0.2, -0.15) is 0 Å². The molecule has 2 aromatic rings. The van der Waals surface area contributed by atoms with Crippen LogP contribution in [-0.4, -0.2) is 39.8 Å². The molecule has 7 heteroatoms. The first-order valence-electron chi connectivity index (χ1n) is 8.20. The van der Waals surface area contributed by atoms with Crippen molar-refractivity contribution in [3.8, 4) is 0 Å². The van der Waals surface area contributed by atoms with Crippen LogP contribution in [0, 0.1) is 0 Å². The number of thiophene rings is 1. The number of aromatic nitrogens is 2. The zero-order valence-electron chi connectivity index (χ0n) is 13.7. The van der Waals surface area contributed by atoms with E-state index in [0.717, 1.165) is 37.4 Å². The molecule has 1 saturated heterocycles. The van der Waals surface area contributed by atoms with Crippen molar-refractivity contribution >= 4 is 23.2 Å². The molecule has 0 spiro atoms. The van der Waals surface area contributed by atoms with Gasteiger partial charge in [0.2, 0.25) is 11.8 Å². The predicted molar refractivity (Wildman–Crippen MR) is 92.7 cm³/mol. The summed E-state index contributed by atoms with van der Waals surface area (Å²) in [5.41, 5.74) is 0.891. The van der Waals surface area contributed by atoms with Crippen LogP contribution in [0.25, 0.3) is 0 Å². The summed E-state index contributed by atoms with van der Waals surface area (Å²) in [7, 11) is 0. The van der Waals surface area contributed by atoms with Gasteiger partial charge in [0.05, 0.1) is 18.4 Å². The molecule has 3 rings (SSSR count). The number of carbonyl (C=O) groups is 2.